The maximum Gasteiger partial charge on any atom is 0.290 e. The highest BCUT2D eigenvalue weighted by atomic mass is 16.5. The molecule has 1 aromatic rings. The number of carbonyl (C=O) groups excluding carboxylic acids is 1. The van der Waals surface area contributed by atoms with Crippen molar-refractivity contribution in [3.05, 3.63) is 18.0 Å². The van der Waals surface area contributed by atoms with Crippen molar-refractivity contribution in [2.75, 3.05) is 52.5 Å². The first kappa shape index (κ1) is 24.5. The maximum absolute atomic E-state index is 12.0. The number of nitrogens with one attached hydrogen (secondary N) is 2. The van der Waals surface area contributed by atoms with Crippen molar-refractivity contribution in [1.82, 2.24) is 25.3 Å². The molecule has 1 amide bonds. The molecule has 1 unspecified atom stereocenters. The van der Waals surface area contributed by atoms with Gasteiger partial charge >= 0.3 is 0 Å². The Bertz CT molecular complexity index is 579. The second-order valence-corrected chi connectivity index (χ2v) is 6.50. The minimum Gasteiger partial charge on any atom is -0.483 e. The van der Waals surface area contributed by atoms with E-state index in [0.29, 0.717) is 19.0 Å². The maximum atomic E-state index is 12.0. The van der Waals surface area contributed by atoms with Crippen LogP contribution in [0.5, 0.6) is 0 Å². The molecule has 2 fully saturated rings. The zero-order valence-corrected chi connectivity index (χ0v) is 16.5. The average Bonchev–Trinajstić information content (AvgIpc) is 3.19. The first-order valence-electron chi connectivity index (χ1n) is 9.61. The molecule has 0 aliphatic carbocycles. The summed E-state index contributed by atoms with van der Waals surface area (Å²) >= 11 is 0. The van der Waals surface area contributed by atoms with Crippen molar-refractivity contribution >= 4 is 18.9 Å². The molecule has 11 nitrogen and oxygen atoms in total. The lowest BCUT2D eigenvalue weighted by Crippen LogP contribution is -2.41. The Morgan fingerprint density at radius 3 is 2.62 bits per heavy atom. The van der Waals surface area contributed by atoms with Gasteiger partial charge in [-0.3, -0.25) is 24.0 Å². The highest BCUT2D eigenvalue weighted by Crippen LogP contribution is 2.21. The molecule has 0 radical (unpaired) electrons. The van der Waals surface area contributed by atoms with E-state index < -0.39 is 0 Å². The smallest absolute Gasteiger partial charge is 0.290 e. The van der Waals surface area contributed by atoms with Gasteiger partial charge in [0.1, 0.15) is 6.54 Å². The molecular formula is C18H31N5O6. The molecule has 2 aliphatic rings. The van der Waals surface area contributed by atoms with Crippen LogP contribution in [0.2, 0.25) is 0 Å². The summed E-state index contributed by atoms with van der Waals surface area (Å²) in [5.41, 5.74) is 1.10. The third-order valence-electron chi connectivity index (χ3n) is 4.54. The number of rotatable bonds is 6. The van der Waals surface area contributed by atoms with Crippen molar-refractivity contribution < 1.29 is 29.3 Å². The first-order valence-corrected chi connectivity index (χ1v) is 9.61. The van der Waals surface area contributed by atoms with Crippen molar-refractivity contribution in [2.45, 2.75) is 25.3 Å². The van der Waals surface area contributed by atoms with Gasteiger partial charge in [-0.25, -0.2) is 0 Å². The summed E-state index contributed by atoms with van der Waals surface area (Å²) in [6, 6.07) is 2.04. The summed E-state index contributed by atoms with van der Waals surface area (Å²) in [7, 11) is 0. The van der Waals surface area contributed by atoms with Gasteiger partial charge in [0.15, 0.2) is 0 Å². The fourth-order valence-electron chi connectivity index (χ4n) is 3.17. The summed E-state index contributed by atoms with van der Waals surface area (Å²) in [6.45, 7) is 6.93. The minimum absolute atomic E-state index is 0.0229. The van der Waals surface area contributed by atoms with Gasteiger partial charge < -0.3 is 25.6 Å². The van der Waals surface area contributed by atoms with Gasteiger partial charge in [-0.1, -0.05) is 0 Å². The summed E-state index contributed by atoms with van der Waals surface area (Å²) in [6.07, 6.45) is 4.28. The van der Waals surface area contributed by atoms with Crippen LogP contribution in [-0.2, 0) is 25.7 Å². The molecule has 2 saturated heterocycles. The molecular weight excluding hydrogens is 382 g/mol. The number of hydrogen-bond donors (Lipinski definition) is 4. The van der Waals surface area contributed by atoms with Crippen LogP contribution < -0.4 is 10.6 Å². The summed E-state index contributed by atoms with van der Waals surface area (Å²) in [5, 5.41) is 24.7. The lowest BCUT2D eigenvalue weighted by Gasteiger charge is -2.26. The van der Waals surface area contributed by atoms with Gasteiger partial charge in [-0.05, 0) is 25.5 Å². The Labute approximate surface area is 170 Å². The molecule has 0 spiro atoms. The van der Waals surface area contributed by atoms with Crippen molar-refractivity contribution in [3.63, 3.8) is 0 Å². The van der Waals surface area contributed by atoms with Crippen molar-refractivity contribution in [2.24, 2.45) is 0 Å². The fourth-order valence-corrected chi connectivity index (χ4v) is 3.17. The van der Waals surface area contributed by atoms with E-state index >= 15 is 0 Å². The zero-order chi connectivity index (χ0) is 21.3. The normalized spacial score (nSPS) is 19.0. The van der Waals surface area contributed by atoms with E-state index in [1.807, 2.05) is 12.3 Å². The average molecular weight is 413 g/mol. The summed E-state index contributed by atoms with van der Waals surface area (Å²) < 4.78 is 7.06. The van der Waals surface area contributed by atoms with Gasteiger partial charge in [0, 0.05) is 44.8 Å². The molecule has 1 aromatic heterocycles. The SMILES string of the molecule is O=C(Cn1ccc(C2CCCNC2)n1)NCCN1CCOCC1.O=CO.O=CO. The second kappa shape index (κ2) is 15.4. The molecule has 11 heteroatoms. The quantitative estimate of drug-likeness (QED) is 0.440. The number of amides is 1. The largest absolute Gasteiger partial charge is 0.483 e. The van der Waals surface area contributed by atoms with Crippen LogP contribution in [0.3, 0.4) is 0 Å². The molecule has 3 heterocycles. The monoisotopic (exact) mass is 413 g/mol. The van der Waals surface area contributed by atoms with Crippen LogP contribution in [0.25, 0.3) is 0 Å². The van der Waals surface area contributed by atoms with E-state index in [1.165, 1.54) is 12.8 Å². The number of ether oxygens (including phenoxy) is 1. The summed E-state index contributed by atoms with van der Waals surface area (Å²) in [4.78, 5) is 31.0. The van der Waals surface area contributed by atoms with E-state index in [0.717, 1.165) is 51.6 Å². The number of piperidine rings is 1. The van der Waals surface area contributed by atoms with Crippen molar-refractivity contribution in [3.8, 4) is 0 Å². The topological polar surface area (TPSA) is 146 Å². The zero-order valence-electron chi connectivity index (χ0n) is 16.5. The van der Waals surface area contributed by atoms with Gasteiger partial charge in [0.2, 0.25) is 5.91 Å². The number of aromatic nitrogens is 2. The van der Waals surface area contributed by atoms with Crippen LogP contribution >= 0.6 is 0 Å². The van der Waals surface area contributed by atoms with Gasteiger partial charge in [0.25, 0.3) is 12.9 Å². The number of carboxylic acid groups (broad SMARTS) is 2. The van der Waals surface area contributed by atoms with Gasteiger partial charge in [-0.2, -0.15) is 5.10 Å². The molecule has 1 atom stereocenters. The molecule has 2 aliphatic heterocycles. The van der Waals surface area contributed by atoms with Crippen LogP contribution in [0.15, 0.2) is 12.3 Å². The van der Waals surface area contributed by atoms with Gasteiger partial charge in [0.05, 0.1) is 18.9 Å². The highest BCUT2D eigenvalue weighted by molar-refractivity contribution is 5.75. The number of hydrogen-bond acceptors (Lipinski definition) is 7. The van der Waals surface area contributed by atoms with E-state index in [1.54, 1.807) is 4.68 Å². The predicted octanol–water partition coefficient (Wildman–Crippen LogP) is -0.800. The number of morpholine rings is 1. The Morgan fingerprint density at radius 2 is 2.00 bits per heavy atom. The van der Waals surface area contributed by atoms with E-state index in [-0.39, 0.29) is 18.9 Å². The number of nitrogens with zero attached hydrogens (tertiary/aromatic N) is 3. The molecule has 0 aromatic carbocycles. The third-order valence-corrected chi connectivity index (χ3v) is 4.54. The van der Waals surface area contributed by atoms with Crippen LogP contribution in [0, 0.1) is 0 Å². The van der Waals surface area contributed by atoms with Crippen molar-refractivity contribution in [1.29, 1.82) is 0 Å². The van der Waals surface area contributed by atoms with E-state index in [2.05, 4.69) is 20.6 Å². The molecule has 3 rings (SSSR count). The Morgan fingerprint density at radius 1 is 1.31 bits per heavy atom. The fraction of sp³-hybridized carbons (Fsp3) is 0.667. The van der Waals surface area contributed by atoms with Crippen LogP contribution in [0.4, 0.5) is 0 Å². The highest BCUT2D eigenvalue weighted by Gasteiger charge is 2.18. The first-order chi connectivity index (χ1) is 14.1. The lowest BCUT2D eigenvalue weighted by molar-refractivity contribution is -0.123. The predicted molar refractivity (Wildman–Crippen MR) is 105 cm³/mol. The number of carbonyl (C=O) groups is 3. The standard InChI is InChI=1S/C16H27N5O2.2CH2O2/c22-16(18-5-7-20-8-10-23-11-9-20)13-21-6-3-15(19-21)14-2-1-4-17-12-14;2*2-1-3/h3,6,14,17H,1-2,4-5,7-13H2,(H,18,22);2*1H,(H,2,3). The molecule has 29 heavy (non-hydrogen) atoms. The Kier molecular flexibility index (Phi) is 13.1. The van der Waals surface area contributed by atoms with Gasteiger partial charge in [-0.15, -0.1) is 0 Å². The molecule has 0 bridgehead atoms. The lowest BCUT2D eigenvalue weighted by atomic mass is 9.97. The van der Waals surface area contributed by atoms with E-state index in [4.69, 9.17) is 24.5 Å². The molecule has 164 valence electrons. The molecule has 0 saturated carbocycles. The van der Waals surface area contributed by atoms with Crippen LogP contribution in [-0.4, -0.2) is 96.2 Å². The Hall–Kier alpha value is -2.50. The minimum atomic E-state index is -0.250. The van der Waals surface area contributed by atoms with Crippen LogP contribution in [0.1, 0.15) is 24.5 Å². The third kappa shape index (κ3) is 10.6. The summed E-state index contributed by atoms with van der Waals surface area (Å²) in [5.74, 6) is 0.504. The van der Waals surface area contributed by atoms with E-state index in [9.17, 15) is 4.79 Å². The Balaban J connectivity index is 0.000000626. The second-order valence-electron chi connectivity index (χ2n) is 6.50. The molecule has 4 N–H and O–H groups in total.